The van der Waals surface area contributed by atoms with Crippen LogP contribution in [-0.4, -0.2) is 15.0 Å². The Balaban J connectivity index is 1.08. The van der Waals surface area contributed by atoms with E-state index in [0.29, 0.717) is 17.5 Å². The zero-order valence-corrected chi connectivity index (χ0v) is 33.6. The van der Waals surface area contributed by atoms with Crippen LogP contribution in [0.15, 0.2) is 224 Å². The molecular weight excluding hydrogens is 755 g/mol. The Bertz CT molecular complexity index is 3190. The van der Waals surface area contributed by atoms with Crippen LogP contribution in [0.5, 0.6) is 11.5 Å². The van der Waals surface area contributed by atoms with Gasteiger partial charge in [0.05, 0.1) is 5.41 Å². The van der Waals surface area contributed by atoms with Crippen LogP contribution >= 0.6 is 0 Å². The standard InChI is InChI=1S/C58H37N3O/c1-3-18-38(19-4-1)40-22-15-24-42(36-40)55-59-56(43-25-16-23-41(37-43)39-20-5-2-6-21-39)61-57(60-55)48-29-8-7-26-44(48)47-30-17-34-52-54(47)62-53-35-14-13-33-51(53)58(52)49-31-11-9-27-45(49)46-28-10-12-32-50(46)58/h1-37H. The lowest BCUT2D eigenvalue weighted by molar-refractivity contribution is 0.438. The molecule has 0 amide bonds. The Morgan fingerprint density at radius 2 is 0.677 bits per heavy atom. The second kappa shape index (κ2) is 14.5. The Kier molecular flexibility index (Phi) is 8.36. The first-order valence-electron chi connectivity index (χ1n) is 21.0. The van der Waals surface area contributed by atoms with E-state index in [4.69, 9.17) is 19.7 Å². The number of benzene rings is 9. The van der Waals surface area contributed by atoms with Crippen molar-refractivity contribution in [2.75, 3.05) is 0 Å². The number of nitrogens with zero attached hydrogens (tertiary/aromatic N) is 3. The summed E-state index contributed by atoms with van der Waals surface area (Å²) < 4.78 is 7.11. The lowest BCUT2D eigenvalue weighted by Crippen LogP contribution is -2.32. The monoisotopic (exact) mass is 791 g/mol. The van der Waals surface area contributed by atoms with E-state index in [-0.39, 0.29) is 0 Å². The molecule has 62 heavy (non-hydrogen) atoms. The summed E-state index contributed by atoms with van der Waals surface area (Å²) in [4.78, 5) is 15.8. The molecule has 0 radical (unpaired) electrons. The van der Waals surface area contributed by atoms with Crippen molar-refractivity contribution in [2.45, 2.75) is 5.41 Å². The maximum atomic E-state index is 7.11. The molecule has 0 atom stereocenters. The summed E-state index contributed by atoms with van der Waals surface area (Å²) in [6.45, 7) is 0. The van der Waals surface area contributed by atoms with Crippen LogP contribution in [0, 0.1) is 0 Å². The molecule has 1 aromatic heterocycles. The molecule has 2 heterocycles. The quantitative estimate of drug-likeness (QED) is 0.168. The van der Waals surface area contributed by atoms with E-state index >= 15 is 0 Å². The van der Waals surface area contributed by atoms with E-state index in [2.05, 4.69) is 212 Å². The minimum Gasteiger partial charge on any atom is -0.456 e. The zero-order chi connectivity index (χ0) is 41.0. The highest BCUT2D eigenvalue weighted by Gasteiger charge is 2.51. The second-order valence-corrected chi connectivity index (χ2v) is 15.9. The Morgan fingerprint density at radius 3 is 1.27 bits per heavy atom. The predicted octanol–water partition coefficient (Wildman–Crippen LogP) is 14.3. The normalized spacial score (nSPS) is 12.8. The molecule has 1 spiro atoms. The summed E-state index contributed by atoms with van der Waals surface area (Å²) in [5.74, 6) is 3.45. The van der Waals surface area contributed by atoms with Gasteiger partial charge in [0, 0.05) is 33.4 Å². The molecule has 10 aromatic rings. The van der Waals surface area contributed by atoms with E-state index in [1.54, 1.807) is 0 Å². The minimum absolute atomic E-state index is 0.580. The van der Waals surface area contributed by atoms with Gasteiger partial charge in [0.1, 0.15) is 11.5 Å². The van der Waals surface area contributed by atoms with Gasteiger partial charge in [0.15, 0.2) is 17.5 Å². The van der Waals surface area contributed by atoms with E-state index in [9.17, 15) is 0 Å². The van der Waals surface area contributed by atoms with Crippen molar-refractivity contribution >= 4 is 0 Å². The van der Waals surface area contributed by atoms with Gasteiger partial charge in [-0.05, 0) is 68.3 Å². The summed E-state index contributed by atoms with van der Waals surface area (Å²) in [5, 5.41) is 0. The first-order chi connectivity index (χ1) is 30.7. The summed E-state index contributed by atoms with van der Waals surface area (Å²) in [6.07, 6.45) is 0. The largest absolute Gasteiger partial charge is 0.456 e. The van der Waals surface area contributed by atoms with Crippen LogP contribution in [0.4, 0.5) is 0 Å². The van der Waals surface area contributed by atoms with Crippen LogP contribution in [0.2, 0.25) is 0 Å². The molecule has 0 unspecified atom stereocenters. The smallest absolute Gasteiger partial charge is 0.164 e. The summed E-state index contributed by atoms with van der Waals surface area (Å²) >= 11 is 0. The first kappa shape index (κ1) is 35.7. The van der Waals surface area contributed by atoms with Crippen molar-refractivity contribution in [3.63, 3.8) is 0 Å². The Morgan fingerprint density at radius 1 is 0.274 bits per heavy atom. The number of ether oxygens (including phenoxy) is 1. The topological polar surface area (TPSA) is 47.9 Å². The van der Waals surface area contributed by atoms with Crippen LogP contribution in [0.1, 0.15) is 22.3 Å². The van der Waals surface area contributed by atoms with Crippen LogP contribution in [0.3, 0.4) is 0 Å². The highest BCUT2D eigenvalue weighted by Crippen LogP contribution is 2.63. The molecule has 2 aliphatic rings. The van der Waals surface area contributed by atoms with Crippen LogP contribution in [-0.2, 0) is 5.41 Å². The molecule has 0 fully saturated rings. The number of hydrogen-bond donors (Lipinski definition) is 0. The summed E-state index contributed by atoms with van der Waals surface area (Å²) in [5.41, 5.74) is 15.7. The molecule has 290 valence electrons. The van der Waals surface area contributed by atoms with Gasteiger partial charge in [0.25, 0.3) is 0 Å². The fourth-order valence-electron chi connectivity index (χ4n) is 9.69. The molecule has 9 aromatic carbocycles. The van der Waals surface area contributed by atoms with E-state index in [1.807, 2.05) is 12.1 Å². The van der Waals surface area contributed by atoms with Crippen molar-refractivity contribution in [1.82, 2.24) is 15.0 Å². The molecule has 0 saturated carbocycles. The van der Waals surface area contributed by atoms with Gasteiger partial charge in [-0.3, -0.25) is 0 Å². The third-order valence-corrected chi connectivity index (χ3v) is 12.4. The van der Waals surface area contributed by atoms with Gasteiger partial charge in [0.2, 0.25) is 0 Å². The molecule has 1 aliphatic heterocycles. The van der Waals surface area contributed by atoms with Crippen LogP contribution < -0.4 is 4.74 Å². The van der Waals surface area contributed by atoms with Gasteiger partial charge in [-0.1, -0.05) is 206 Å². The van der Waals surface area contributed by atoms with Crippen LogP contribution in [0.25, 0.3) is 78.7 Å². The summed E-state index contributed by atoms with van der Waals surface area (Å²) in [6, 6.07) is 78.9. The fourth-order valence-corrected chi connectivity index (χ4v) is 9.69. The third-order valence-electron chi connectivity index (χ3n) is 12.4. The average molecular weight is 792 g/mol. The average Bonchev–Trinajstić information content (AvgIpc) is 3.65. The van der Waals surface area contributed by atoms with E-state index in [0.717, 1.165) is 72.7 Å². The first-order valence-corrected chi connectivity index (χ1v) is 21.0. The predicted molar refractivity (Wildman–Crippen MR) is 250 cm³/mol. The summed E-state index contributed by atoms with van der Waals surface area (Å²) in [7, 11) is 0. The Labute approximate surface area is 360 Å². The SMILES string of the molecule is c1ccc(-c2cccc(-c3nc(-c4cccc(-c5ccccc5)c4)nc(-c4ccccc4-c4cccc5c4Oc4ccccc4C54c5ccccc5-c5ccccc54)n3)c2)cc1. The van der Waals surface area contributed by atoms with E-state index in [1.165, 1.54) is 22.3 Å². The van der Waals surface area contributed by atoms with Gasteiger partial charge < -0.3 is 4.74 Å². The lowest BCUT2D eigenvalue weighted by atomic mass is 9.65. The number of hydrogen-bond acceptors (Lipinski definition) is 4. The molecule has 0 bridgehead atoms. The number of aromatic nitrogens is 3. The van der Waals surface area contributed by atoms with Crippen molar-refractivity contribution in [1.29, 1.82) is 0 Å². The number of rotatable bonds is 6. The van der Waals surface area contributed by atoms with Crippen molar-refractivity contribution in [3.05, 3.63) is 247 Å². The maximum absolute atomic E-state index is 7.11. The molecular formula is C58H37N3O. The molecule has 1 aliphatic carbocycles. The van der Waals surface area contributed by atoms with Gasteiger partial charge in [-0.25, -0.2) is 15.0 Å². The van der Waals surface area contributed by atoms with Gasteiger partial charge in [-0.15, -0.1) is 0 Å². The molecule has 12 rings (SSSR count). The molecule has 0 N–H and O–H groups in total. The highest BCUT2D eigenvalue weighted by molar-refractivity contribution is 5.92. The Hall–Kier alpha value is -8.21. The van der Waals surface area contributed by atoms with Gasteiger partial charge in [-0.2, -0.15) is 0 Å². The number of fused-ring (bicyclic) bond motifs is 9. The number of para-hydroxylation sites is 2. The molecule has 4 nitrogen and oxygen atoms in total. The molecule has 4 heteroatoms. The minimum atomic E-state index is -0.580. The highest BCUT2D eigenvalue weighted by atomic mass is 16.5. The lowest BCUT2D eigenvalue weighted by Gasteiger charge is -2.40. The van der Waals surface area contributed by atoms with Crippen molar-refractivity contribution < 1.29 is 4.74 Å². The van der Waals surface area contributed by atoms with Gasteiger partial charge >= 0.3 is 0 Å². The van der Waals surface area contributed by atoms with Crippen molar-refractivity contribution in [2.24, 2.45) is 0 Å². The zero-order valence-electron chi connectivity index (χ0n) is 33.6. The van der Waals surface area contributed by atoms with E-state index < -0.39 is 5.41 Å². The van der Waals surface area contributed by atoms with Crippen molar-refractivity contribution in [3.8, 4) is 90.2 Å². The second-order valence-electron chi connectivity index (χ2n) is 15.9. The third kappa shape index (κ3) is 5.65. The maximum Gasteiger partial charge on any atom is 0.164 e. The fraction of sp³-hybridized carbons (Fsp3) is 0.0172. The molecule has 0 saturated heterocycles.